The van der Waals surface area contributed by atoms with Gasteiger partial charge in [-0.3, -0.25) is 4.99 Å². The van der Waals surface area contributed by atoms with Crippen molar-refractivity contribution in [2.45, 2.75) is 50.5 Å². The van der Waals surface area contributed by atoms with E-state index >= 15 is 0 Å². The standard InChI is InChI=1S/C21H31FN4O2/c1-3-28-20(27)26-13-9-18(10-14-26)25-19(23-2)24-15-21(11-4-12-21)16-5-7-17(22)8-6-16/h5-8,18H,3-4,9-15H2,1-2H3,(H2,23,24,25). The summed E-state index contributed by atoms with van der Waals surface area (Å²) in [6.07, 6.45) is 4.89. The number of benzene rings is 1. The predicted octanol–water partition coefficient (Wildman–Crippen LogP) is 3.03. The number of nitrogens with one attached hydrogen (secondary N) is 2. The lowest BCUT2D eigenvalue weighted by atomic mass is 9.64. The Labute approximate surface area is 166 Å². The number of carbonyl (C=O) groups excluding carboxylic acids is 1. The number of rotatable bonds is 5. The van der Waals surface area contributed by atoms with Crippen molar-refractivity contribution in [1.29, 1.82) is 0 Å². The molecule has 0 atom stereocenters. The van der Waals surface area contributed by atoms with Crippen LogP contribution in [0.2, 0.25) is 0 Å². The number of hydrogen-bond acceptors (Lipinski definition) is 3. The summed E-state index contributed by atoms with van der Waals surface area (Å²) in [7, 11) is 1.77. The van der Waals surface area contributed by atoms with E-state index in [1.807, 2.05) is 19.1 Å². The molecule has 2 N–H and O–H groups in total. The molecule has 6 nitrogen and oxygen atoms in total. The maximum absolute atomic E-state index is 13.3. The van der Waals surface area contributed by atoms with Crippen LogP contribution in [0.3, 0.4) is 0 Å². The number of piperidine rings is 1. The molecule has 3 rings (SSSR count). The number of halogens is 1. The van der Waals surface area contributed by atoms with Gasteiger partial charge in [0.05, 0.1) is 6.61 Å². The monoisotopic (exact) mass is 390 g/mol. The molecular weight excluding hydrogens is 359 g/mol. The average Bonchev–Trinajstić information content (AvgIpc) is 2.68. The van der Waals surface area contributed by atoms with E-state index < -0.39 is 0 Å². The van der Waals surface area contributed by atoms with E-state index in [2.05, 4.69) is 15.6 Å². The van der Waals surface area contributed by atoms with Crippen molar-refractivity contribution < 1.29 is 13.9 Å². The molecule has 1 aliphatic carbocycles. The summed E-state index contributed by atoms with van der Waals surface area (Å²) in [4.78, 5) is 17.9. The van der Waals surface area contributed by atoms with Crippen LogP contribution in [-0.2, 0) is 10.2 Å². The summed E-state index contributed by atoms with van der Waals surface area (Å²) >= 11 is 0. The van der Waals surface area contributed by atoms with E-state index in [9.17, 15) is 9.18 Å². The summed E-state index contributed by atoms with van der Waals surface area (Å²) in [5.74, 6) is 0.584. The molecule has 154 valence electrons. The maximum Gasteiger partial charge on any atom is 0.409 e. The first-order chi connectivity index (χ1) is 13.6. The summed E-state index contributed by atoms with van der Waals surface area (Å²) in [5, 5.41) is 6.95. The second kappa shape index (κ2) is 9.26. The van der Waals surface area contributed by atoms with Crippen molar-refractivity contribution in [3.63, 3.8) is 0 Å². The number of likely N-dealkylation sites (tertiary alicyclic amines) is 1. The second-order valence-corrected chi connectivity index (χ2v) is 7.67. The van der Waals surface area contributed by atoms with Crippen molar-refractivity contribution in [3.05, 3.63) is 35.6 Å². The van der Waals surface area contributed by atoms with Crippen LogP contribution in [0.1, 0.15) is 44.6 Å². The third-order valence-corrected chi connectivity index (χ3v) is 5.95. The van der Waals surface area contributed by atoms with Crippen LogP contribution in [0, 0.1) is 5.82 Å². The fraction of sp³-hybridized carbons (Fsp3) is 0.619. The second-order valence-electron chi connectivity index (χ2n) is 7.67. The molecule has 1 saturated heterocycles. The first kappa shape index (κ1) is 20.4. The molecule has 0 bridgehead atoms. The molecule has 7 heteroatoms. The Balaban J connectivity index is 1.50. The molecule has 1 aromatic rings. The molecule has 0 spiro atoms. The number of ether oxygens (including phenoxy) is 1. The van der Waals surface area contributed by atoms with Gasteiger partial charge in [-0.2, -0.15) is 0 Å². The minimum absolute atomic E-state index is 0.0542. The lowest BCUT2D eigenvalue weighted by Crippen LogP contribution is -2.53. The summed E-state index contributed by atoms with van der Waals surface area (Å²) in [5.41, 5.74) is 1.24. The van der Waals surface area contributed by atoms with E-state index in [4.69, 9.17) is 4.74 Å². The Kier molecular flexibility index (Phi) is 6.75. The van der Waals surface area contributed by atoms with Gasteiger partial charge in [0, 0.05) is 38.1 Å². The number of carbonyl (C=O) groups is 1. The van der Waals surface area contributed by atoms with E-state index in [0.29, 0.717) is 19.7 Å². The number of amides is 1. The van der Waals surface area contributed by atoms with E-state index in [1.165, 1.54) is 12.0 Å². The molecule has 2 aliphatic rings. The SMILES string of the molecule is CCOC(=O)N1CCC(NC(=NC)NCC2(c3ccc(F)cc3)CCC2)CC1. The molecule has 1 saturated carbocycles. The van der Waals surface area contributed by atoms with Gasteiger partial charge < -0.3 is 20.3 Å². The van der Waals surface area contributed by atoms with Crippen molar-refractivity contribution in [2.75, 3.05) is 33.3 Å². The third kappa shape index (κ3) is 4.75. The first-order valence-corrected chi connectivity index (χ1v) is 10.2. The summed E-state index contributed by atoms with van der Waals surface area (Å²) in [6, 6.07) is 7.16. The van der Waals surface area contributed by atoms with Crippen LogP contribution in [0.5, 0.6) is 0 Å². The minimum Gasteiger partial charge on any atom is -0.450 e. The summed E-state index contributed by atoms with van der Waals surface area (Å²) < 4.78 is 18.3. The smallest absolute Gasteiger partial charge is 0.409 e. The van der Waals surface area contributed by atoms with Gasteiger partial charge in [0.25, 0.3) is 0 Å². The highest BCUT2D eigenvalue weighted by atomic mass is 19.1. The van der Waals surface area contributed by atoms with Crippen molar-refractivity contribution in [1.82, 2.24) is 15.5 Å². The normalized spacial score (nSPS) is 19.7. The van der Waals surface area contributed by atoms with Crippen molar-refractivity contribution in [2.24, 2.45) is 4.99 Å². The van der Waals surface area contributed by atoms with Crippen LogP contribution in [0.4, 0.5) is 9.18 Å². The molecule has 1 aromatic carbocycles. The Morgan fingerprint density at radius 3 is 2.50 bits per heavy atom. The predicted molar refractivity (Wildman–Crippen MR) is 108 cm³/mol. The zero-order valence-electron chi connectivity index (χ0n) is 16.8. The highest BCUT2D eigenvalue weighted by Crippen LogP contribution is 2.43. The van der Waals surface area contributed by atoms with Crippen molar-refractivity contribution in [3.8, 4) is 0 Å². The molecule has 28 heavy (non-hydrogen) atoms. The van der Waals surface area contributed by atoms with Crippen LogP contribution >= 0.6 is 0 Å². The van der Waals surface area contributed by atoms with Crippen LogP contribution in [0.15, 0.2) is 29.3 Å². The molecule has 0 unspecified atom stereocenters. The third-order valence-electron chi connectivity index (χ3n) is 5.95. The van der Waals surface area contributed by atoms with Gasteiger partial charge >= 0.3 is 6.09 Å². The Bertz CT molecular complexity index is 680. The largest absolute Gasteiger partial charge is 0.450 e. The molecular formula is C21H31FN4O2. The first-order valence-electron chi connectivity index (χ1n) is 10.2. The highest BCUT2D eigenvalue weighted by molar-refractivity contribution is 5.80. The average molecular weight is 391 g/mol. The van der Waals surface area contributed by atoms with Gasteiger partial charge in [0.2, 0.25) is 0 Å². The maximum atomic E-state index is 13.3. The molecule has 0 radical (unpaired) electrons. The summed E-state index contributed by atoms with van der Waals surface area (Å²) in [6.45, 7) is 4.38. The number of nitrogens with zero attached hydrogens (tertiary/aromatic N) is 2. The Hall–Kier alpha value is -2.31. The topological polar surface area (TPSA) is 66.0 Å². The van der Waals surface area contributed by atoms with Crippen molar-refractivity contribution >= 4 is 12.1 Å². The van der Waals surface area contributed by atoms with E-state index in [1.54, 1.807) is 24.1 Å². The zero-order chi connectivity index (χ0) is 20.0. The molecule has 1 heterocycles. The van der Waals surface area contributed by atoms with Gasteiger partial charge in [0.1, 0.15) is 5.82 Å². The van der Waals surface area contributed by atoms with Gasteiger partial charge in [-0.05, 0) is 50.3 Å². The van der Waals surface area contributed by atoms with Gasteiger partial charge in [0.15, 0.2) is 5.96 Å². The number of aliphatic imine (C=N–C) groups is 1. The van der Waals surface area contributed by atoms with E-state index in [-0.39, 0.29) is 23.4 Å². The highest BCUT2D eigenvalue weighted by Gasteiger charge is 2.38. The van der Waals surface area contributed by atoms with E-state index in [0.717, 1.165) is 38.2 Å². The lowest BCUT2D eigenvalue weighted by Gasteiger charge is -2.43. The minimum atomic E-state index is -0.227. The molecule has 2 fully saturated rings. The lowest BCUT2D eigenvalue weighted by molar-refractivity contribution is 0.0963. The molecule has 0 aromatic heterocycles. The molecule has 1 amide bonds. The fourth-order valence-corrected chi connectivity index (χ4v) is 4.04. The zero-order valence-corrected chi connectivity index (χ0v) is 16.8. The van der Waals surface area contributed by atoms with Crippen LogP contribution in [-0.4, -0.2) is 56.3 Å². The number of hydrogen-bond donors (Lipinski definition) is 2. The molecule has 1 aliphatic heterocycles. The Morgan fingerprint density at radius 1 is 1.29 bits per heavy atom. The fourth-order valence-electron chi connectivity index (χ4n) is 4.04. The quantitative estimate of drug-likeness (QED) is 0.599. The van der Waals surface area contributed by atoms with Gasteiger partial charge in [-0.25, -0.2) is 9.18 Å². The van der Waals surface area contributed by atoms with Gasteiger partial charge in [-0.15, -0.1) is 0 Å². The number of guanidine groups is 1. The van der Waals surface area contributed by atoms with Crippen LogP contribution in [0.25, 0.3) is 0 Å². The van der Waals surface area contributed by atoms with Gasteiger partial charge in [-0.1, -0.05) is 18.6 Å². The van der Waals surface area contributed by atoms with Crippen LogP contribution < -0.4 is 10.6 Å². The Morgan fingerprint density at radius 2 is 1.96 bits per heavy atom.